The average molecular weight is 240 g/mol. The second-order valence-corrected chi connectivity index (χ2v) is 4.32. The molecule has 0 saturated carbocycles. The van der Waals surface area contributed by atoms with Crippen molar-refractivity contribution in [3.05, 3.63) is 29.6 Å². The molecule has 1 atom stereocenters. The van der Waals surface area contributed by atoms with Crippen molar-refractivity contribution in [1.29, 1.82) is 0 Å². The lowest BCUT2D eigenvalue weighted by Gasteiger charge is -2.20. The van der Waals surface area contributed by atoms with Gasteiger partial charge in [0.25, 0.3) is 0 Å². The van der Waals surface area contributed by atoms with Gasteiger partial charge >= 0.3 is 0 Å². The Morgan fingerprint density at radius 1 is 1.41 bits per heavy atom. The number of nitrogens with zero attached hydrogens (tertiary/aromatic N) is 1. The molecule has 1 aromatic rings. The van der Waals surface area contributed by atoms with Gasteiger partial charge in [0.2, 0.25) is 0 Å². The van der Waals surface area contributed by atoms with E-state index in [1.165, 1.54) is 13.2 Å². The zero-order valence-electron chi connectivity index (χ0n) is 11.0. The third-order valence-electron chi connectivity index (χ3n) is 2.80. The Labute approximate surface area is 103 Å². The van der Waals surface area contributed by atoms with Crippen molar-refractivity contribution in [1.82, 2.24) is 10.2 Å². The van der Waals surface area contributed by atoms with Crippen LogP contribution in [0, 0.1) is 5.82 Å². The first-order valence-corrected chi connectivity index (χ1v) is 5.74. The minimum Gasteiger partial charge on any atom is -0.497 e. The molecule has 0 radical (unpaired) electrons. The molecule has 0 aliphatic carbocycles. The maximum atomic E-state index is 13.9. The molecule has 0 heterocycles. The minimum atomic E-state index is -0.220. The lowest BCUT2D eigenvalue weighted by atomic mass is 10.0. The van der Waals surface area contributed by atoms with Crippen LogP contribution in [0.5, 0.6) is 5.75 Å². The number of methoxy groups -OCH3 is 1. The lowest BCUT2D eigenvalue weighted by Crippen LogP contribution is -2.23. The summed E-state index contributed by atoms with van der Waals surface area (Å²) >= 11 is 0. The molecule has 0 amide bonds. The molecule has 4 heteroatoms. The molecule has 1 rings (SSSR count). The zero-order valence-corrected chi connectivity index (χ0v) is 11.0. The first kappa shape index (κ1) is 13.9. The molecule has 0 aliphatic heterocycles. The number of halogens is 1. The highest BCUT2D eigenvalue weighted by Gasteiger charge is 2.14. The van der Waals surface area contributed by atoms with Gasteiger partial charge in [0.15, 0.2) is 0 Å². The monoisotopic (exact) mass is 240 g/mol. The van der Waals surface area contributed by atoms with Gasteiger partial charge in [-0.25, -0.2) is 4.39 Å². The van der Waals surface area contributed by atoms with Crippen molar-refractivity contribution in [3.63, 3.8) is 0 Å². The van der Waals surface area contributed by atoms with Gasteiger partial charge in [-0.3, -0.25) is 0 Å². The topological polar surface area (TPSA) is 24.5 Å². The van der Waals surface area contributed by atoms with Gasteiger partial charge in [-0.05, 0) is 40.2 Å². The number of rotatable bonds is 6. The fraction of sp³-hybridized carbons (Fsp3) is 0.538. The van der Waals surface area contributed by atoms with E-state index in [-0.39, 0.29) is 11.9 Å². The Hall–Kier alpha value is -1.13. The fourth-order valence-corrected chi connectivity index (χ4v) is 1.76. The smallest absolute Gasteiger partial charge is 0.131 e. The van der Waals surface area contributed by atoms with Crippen molar-refractivity contribution in [2.45, 2.75) is 12.5 Å². The lowest BCUT2D eigenvalue weighted by molar-refractivity contribution is 0.363. The second kappa shape index (κ2) is 6.57. The number of ether oxygens (including phenoxy) is 1. The Morgan fingerprint density at radius 3 is 2.59 bits per heavy atom. The van der Waals surface area contributed by atoms with E-state index in [1.54, 1.807) is 12.1 Å². The number of hydrogen-bond donors (Lipinski definition) is 1. The predicted molar refractivity (Wildman–Crippen MR) is 67.9 cm³/mol. The molecule has 0 saturated heterocycles. The van der Waals surface area contributed by atoms with Crippen LogP contribution in [0.3, 0.4) is 0 Å². The average Bonchev–Trinajstić information content (AvgIpc) is 2.31. The van der Waals surface area contributed by atoms with Gasteiger partial charge in [0, 0.05) is 17.7 Å². The Balaban J connectivity index is 2.80. The van der Waals surface area contributed by atoms with Crippen LogP contribution < -0.4 is 10.1 Å². The van der Waals surface area contributed by atoms with Gasteiger partial charge < -0.3 is 15.0 Å². The Kier molecular flexibility index (Phi) is 5.38. The minimum absolute atomic E-state index is 0.0308. The highest BCUT2D eigenvalue weighted by atomic mass is 19.1. The van der Waals surface area contributed by atoms with Crippen LogP contribution in [-0.4, -0.2) is 39.7 Å². The largest absolute Gasteiger partial charge is 0.497 e. The van der Waals surface area contributed by atoms with Crippen LogP contribution in [0.2, 0.25) is 0 Å². The molecule has 96 valence electrons. The second-order valence-electron chi connectivity index (χ2n) is 4.32. The van der Waals surface area contributed by atoms with Crippen molar-refractivity contribution in [2.75, 3.05) is 34.8 Å². The van der Waals surface area contributed by atoms with E-state index >= 15 is 0 Å². The van der Waals surface area contributed by atoms with E-state index in [1.807, 2.05) is 21.1 Å². The molecule has 1 aromatic carbocycles. The fourth-order valence-electron chi connectivity index (χ4n) is 1.76. The molecule has 0 fully saturated rings. The van der Waals surface area contributed by atoms with Crippen LogP contribution in [-0.2, 0) is 0 Å². The van der Waals surface area contributed by atoms with Crippen molar-refractivity contribution < 1.29 is 9.13 Å². The van der Waals surface area contributed by atoms with Crippen LogP contribution in [0.15, 0.2) is 18.2 Å². The van der Waals surface area contributed by atoms with E-state index in [9.17, 15) is 4.39 Å². The predicted octanol–water partition coefficient (Wildman–Crippen LogP) is 2.05. The Bertz CT molecular complexity index is 355. The third kappa shape index (κ3) is 3.98. The summed E-state index contributed by atoms with van der Waals surface area (Å²) in [4.78, 5) is 2.09. The summed E-state index contributed by atoms with van der Waals surface area (Å²) in [6.45, 7) is 0.914. The highest BCUT2D eigenvalue weighted by molar-refractivity contribution is 5.30. The van der Waals surface area contributed by atoms with Gasteiger partial charge in [-0.15, -0.1) is 0 Å². The van der Waals surface area contributed by atoms with E-state index in [2.05, 4.69) is 10.2 Å². The van der Waals surface area contributed by atoms with Crippen molar-refractivity contribution >= 4 is 0 Å². The summed E-state index contributed by atoms with van der Waals surface area (Å²) in [7, 11) is 7.41. The molecule has 0 bridgehead atoms. The van der Waals surface area contributed by atoms with Crippen LogP contribution in [0.25, 0.3) is 0 Å². The van der Waals surface area contributed by atoms with Crippen molar-refractivity contribution in [3.8, 4) is 5.75 Å². The molecular weight excluding hydrogens is 219 g/mol. The quantitative estimate of drug-likeness (QED) is 0.823. The Morgan fingerprint density at radius 2 is 2.12 bits per heavy atom. The standard InChI is InChI=1S/C13H21FN2O/c1-15-13(7-8-16(2)3)11-6-5-10(17-4)9-12(11)14/h5-6,9,13,15H,7-8H2,1-4H3. The summed E-state index contributed by atoms with van der Waals surface area (Å²) in [5, 5.41) is 3.14. The molecule has 3 nitrogen and oxygen atoms in total. The maximum Gasteiger partial charge on any atom is 0.131 e. The number of benzene rings is 1. The van der Waals surface area contributed by atoms with Gasteiger partial charge in [-0.1, -0.05) is 6.07 Å². The molecule has 0 aliphatic rings. The number of hydrogen-bond acceptors (Lipinski definition) is 3. The molecule has 0 aromatic heterocycles. The zero-order chi connectivity index (χ0) is 12.8. The normalized spacial score (nSPS) is 12.8. The first-order valence-electron chi connectivity index (χ1n) is 5.74. The SMILES string of the molecule is CNC(CCN(C)C)c1ccc(OC)cc1F. The summed E-state index contributed by atoms with van der Waals surface area (Å²) in [5.41, 5.74) is 0.690. The van der Waals surface area contributed by atoms with Crippen LogP contribution >= 0.6 is 0 Å². The summed E-state index contributed by atoms with van der Waals surface area (Å²) in [5.74, 6) is 0.330. The van der Waals surface area contributed by atoms with Gasteiger partial charge in [0.1, 0.15) is 11.6 Å². The van der Waals surface area contributed by atoms with Gasteiger partial charge in [-0.2, -0.15) is 0 Å². The van der Waals surface area contributed by atoms with Gasteiger partial charge in [0.05, 0.1) is 7.11 Å². The highest BCUT2D eigenvalue weighted by Crippen LogP contribution is 2.23. The molecular formula is C13H21FN2O. The van der Waals surface area contributed by atoms with Crippen LogP contribution in [0.1, 0.15) is 18.0 Å². The molecule has 0 spiro atoms. The van der Waals surface area contributed by atoms with E-state index in [4.69, 9.17) is 4.74 Å². The summed E-state index contributed by atoms with van der Waals surface area (Å²) in [6.07, 6.45) is 0.868. The molecule has 17 heavy (non-hydrogen) atoms. The van der Waals surface area contributed by atoms with Crippen LogP contribution in [0.4, 0.5) is 4.39 Å². The maximum absolute atomic E-state index is 13.9. The van der Waals surface area contributed by atoms with E-state index in [0.717, 1.165) is 13.0 Å². The van der Waals surface area contributed by atoms with E-state index in [0.29, 0.717) is 11.3 Å². The number of nitrogens with one attached hydrogen (secondary N) is 1. The summed E-state index contributed by atoms with van der Waals surface area (Å²) in [6, 6.07) is 5.03. The van der Waals surface area contributed by atoms with E-state index < -0.39 is 0 Å². The first-order chi connectivity index (χ1) is 8.08. The third-order valence-corrected chi connectivity index (χ3v) is 2.80. The molecule has 1 unspecified atom stereocenters. The summed E-state index contributed by atoms with van der Waals surface area (Å²) < 4.78 is 18.9. The van der Waals surface area contributed by atoms with Crippen molar-refractivity contribution in [2.24, 2.45) is 0 Å². The molecule has 1 N–H and O–H groups in total.